The molecule has 0 saturated heterocycles. The van der Waals surface area contributed by atoms with E-state index in [1.54, 1.807) is 0 Å². The number of hydrogen-bond donors (Lipinski definition) is 0. The second-order valence-corrected chi connectivity index (χ2v) is 11.3. The highest BCUT2D eigenvalue weighted by molar-refractivity contribution is 6.03. The van der Waals surface area contributed by atoms with Crippen molar-refractivity contribution < 1.29 is 4.42 Å². The van der Waals surface area contributed by atoms with Crippen LogP contribution < -0.4 is 4.90 Å². The zero-order chi connectivity index (χ0) is 27.6. The molecule has 7 aromatic rings. The Labute approximate surface area is 239 Å². The topological polar surface area (TPSA) is 29.3 Å². The molecule has 0 saturated carbocycles. The fourth-order valence-corrected chi connectivity index (χ4v) is 6.39. The Hall–Kier alpha value is -5.15. The van der Waals surface area contributed by atoms with Crippen molar-refractivity contribution in [3.63, 3.8) is 0 Å². The van der Waals surface area contributed by atoms with Gasteiger partial charge in [0.15, 0.2) is 5.58 Å². The smallest absolute Gasteiger partial charge is 0.307 e. The second kappa shape index (κ2) is 8.94. The predicted octanol–water partition coefficient (Wildman–Crippen LogP) is 10.4. The van der Waals surface area contributed by atoms with Crippen molar-refractivity contribution >= 4 is 39.3 Å². The van der Waals surface area contributed by atoms with Crippen LogP contribution in [0.1, 0.15) is 25.0 Å². The fourth-order valence-electron chi connectivity index (χ4n) is 6.39. The van der Waals surface area contributed by atoms with Crippen LogP contribution >= 0.6 is 0 Å². The number of fused-ring (bicyclic) bond motifs is 6. The molecule has 1 heterocycles. The average molecular weight is 529 g/mol. The number of oxazole rings is 1. The lowest BCUT2D eigenvalue weighted by molar-refractivity contribution is 0.611. The van der Waals surface area contributed by atoms with Gasteiger partial charge in [0.1, 0.15) is 5.52 Å². The Morgan fingerprint density at radius 2 is 1.27 bits per heavy atom. The number of hydrogen-bond acceptors (Lipinski definition) is 3. The molecule has 0 spiro atoms. The number of aromatic nitrogens is 1. The van der Waals surface area contributed by atoms with Gasteiger partial charge in [-0.15, -0.1) is 0 Å². The highest BCUT2D eigenvalue weighted by Crippen LogP contribution is 2.50. The van der Waals surface area contributed by atoms with Gasteiger partial charge in [0.2, 0.25) is 0 Å². The summed E-state index contributed by atoms with van der Waals surface area (Å²) in [5.41, 5.74) is 11.2. The summed E-state index contributed by atoms with van der Waals surface area (Å²) in [7, 11) is 0. The largest absolute Gasteiger partial charge is 0.422 e. The van der Waals surface area contributed by atoms with Gasteiger partial charge >= 0.3 is 6.01 Å². The summed E-state index contributed by atoms with van der Waals surface area (Å²) in [5, 5.41) is 2.20. The van der Waals surface area contributed by atoms with E-state index >= 15 is 0 Å². The van der Waals surface area contributed by atoms with E-state index < -0.39 is 0 Å². The molecule has 0 amide bonds. The lowest BCUT2D eigenvalue weighted by atomic mass is 9.82. The summed E-state index contributed by atoms with van der Waals surface area (Å²) < 4.78 is 6.61. The SMILES string of the molecule is CC1(C)c2ccccc2-c2cc(N(c3ccc(-c4ccccc4)cc3)c3nc4ccc5ccccc5c4o3)ccc21. The molecule has 0 N–H and O–H groups in total. The van der Waals surface area contributed by atoms with Crippen molar-refractivity contribution in [3.8, 4) is 22.3 Å². The van der Waals surface area contributed by atoms with Crippen LogP contribution in [0.25, 0.3) is 44.1 Å². The molecule has 0 bridgehead atoms. The first kappa shape index (κ1) is 23.7. The molecular weight excluding hydrogens is 500 g/mol. The van der Waals surface area contributed by atoms with E-state index in [-0.39, 0.29) is 5.41 Å². The molecule has 0 unspecified atom stereocenters. The van der Waals surface area contributed by atoms with E-state index in [4.69, 9.17) is 9.40 Å². The van der Waals surface area contributed by atoms with Gasteiger partial charge < -0.3 is 4.42 Å². The molecular formula is C38H28N2O. The summed E-state index contributed by atoms with van der Waals surface area (Å²) in [6.45, 7) is 4.62. The van der Waals surface area contributed by atoms with Gasteiger partial charge in [0, 0.05) is 10.8 Å². The quantitative estimate of drug-likeness (QED) is 0.228. The first-order valence-corrected chi connectivity index (χ1v) is 14.1. The van der Waals surface area contributed by atoms with E-state index in [0.717, 1.165) is 33.2 Å². The molecule has 1 aliphatic carbocycles. The molecule has 0 radical (unpaired) electrons. The van der Waals surface area contributed by atoms with Crippen LogP contribution in [0.4, 0.5) is 17.4 Å². The van der Waals surface area contributed by atoms with Gasteiger partial charge in [-0.25, -0.2) is 0 Å². The Bertz CT molecular complexity index is 2070. The van der Waals surface area contributed by atoms with Gasteiger partial charge in [-0.2, -0.15) is 4.98 Å². The molecule has 3 nitrogen and oxygen atoms in total. The minimum atomic E-state index is -0.0524. The van der Waals surface area contributed by atoms with Crippen LogP contribution in [-0.2, 0) is 5.41 Å². The van der Waals surface area contributed by atoms with Crippen LogP contribution in [0.15, 0.2) is 138 Å². The van der Waals surface area contributed by atoms with Gasteiger partial charge in [0.05, 0.1) is 11.4 Å². The van der Waals surface area contributed by atoms with E-state index in [2.05, 4.69) is 134 Å². The summed E-state index contributed by atoms with van der Waals surface area (Å²) in [4.78, 5) is 7.16. The number of rotatable bonds is 4. The monoisotopic (exact) mass is 528 g/mol. The summed E-state index contributed by atoms with van der Waals surface area (Å²) in [6.07, 6.45) is 0. The zero-order valence-electron chi connectivity index (χ0n) is 23.0. The number of nitrogens with zero attached hydrogens (tertiary/aromatic N) is 2. The van der Waals surface area contributed by atoms with Crippen molar-refractivity contribution in [1.82, 2.24) is 4.98 Å². The molecule has 1 aromatic heterocycles. The van der Waals surface area contributed by atoms with Crippen molar-refractivity contribution in [1.29, 1.82) is 0 Å². The first-order chi connectivity index (χ1) is 20.1. The molecule has 196 valence electrons. The maximum atomic E-state index is 6.61. The normalized spacial score (nSPS) is 13.3. The van der Waals surface area contributed by atoms with Crippen LogP contribution in [0.2, 0.25) is 0 Å². The third-order valence-electron chi connectivity index (χ3n) is 8.52. The molecule has 3 heteroatoms. The molecule has 8 rings (SSSR count). The zero-order valence-corrected chi connectivity index (χ0v) is 23.0. The summed E-state index contributed by atoms with van der Waals surface area (Å²) in [5.74, 6) is 0. The van der Waals surface area contributed by atoms with E-state index in [1.807, 2.05) is 18.2 Å². The Kier molecular flexibility index (Phi) is 5.17. The van der Waals surface area contributed by atoms with E-state index in [0.29, 0.717) is 6.01 Å². The predicted molar refractivity (Wildman–Crippen MR) is 169 cm³/mol. The summed E-state index contributed by atoms with van der Waals surface area (Å²) in [6, 6.07) is 47.6. The maximum Gasteiger partial charge on any atom is 0.307 e. The summed E-state index contributed by atoms with van der Waals surface area (Å²) >= 11 is 0. The fraction of sp³-hybridized carbons (Fsp3) is 0.0789. The van der Waals surface area contributed by atoms with Gasteiger partial charge in [-0.1, -0.05) is 117 Å². The minimum absolute atomic E-state index is 0.0524. The highest BCUT2D eigenvalue weighted by Gasteiger charge is 2.35. The Morgan fingerprint density at radius 1 is 0.585 bits per heavy atom. The van der Waals surface area contributed by atoms with Crippen LogP contribution in [-0.4, -0.2) is 4.98 Å². The molecule has 0 atom stereocenters. The third kappa shape index (κ3) is 3.70. The minimum Gasteiger partial charge on any atom is -0.422 e. The highest BCUT2D eigenvalue weighted by atomic mass is 16.4. The van der Waals surface area contributed by atoms with Crippen molar-refractivity contribution in [2.24, 2.45) is 0 Å². The van der Waals surface area contributed by atoms with E-state index in [9.17, 15) is 0 Å². The number of benzene rings is 6. The molecule has 6 aromatic carbocycles. The average Bonchev–Trinajstić information content (AvgIpc) is 3.55. The second-order valence-electron chi connectivity index (χ2n) is 11.3. The standard InChI is InChI=1S/C38H28N2O/c1-38(2)33-15-9-8-14-31(33)32-24-29(21-22-34(32)38)40(28-19-16-26(17-20-28)25-10-4-3-5-11-25)37-39-35-23-18-27-12-6-7-13-30(27)36(35)41-37/h3-24H,1-2H3. The van der Waals surface area contributed by atoms with Crippen LogP contribution in [0.3, 0.4) is 0 Å². The Balaban J connectivity index is 1.32. The molecule has 0 fully saturated rings. The molecule has 1 aliphatic rings. The van der Waals surface area contributed by atoms with Crippen molar-refractivity contribution in [2.45, 2.75) is 19.3 Å². The van der Waals surface area contributed by atoms with Gasteiger partial charge in [0.25, 0.3) is 0 Å². The van der Waals surface area contributed by atoms with Crippen molar-refractivity contribution in [3.05, 3.63) is 145 Å². The van der Waals surface area contributed by atoms with E-state index in [1.165, 1.54) is 33.4 Å². The number of anilines is 3. The molecule has 0 aliphatic heterocycles. The maximum absolute atomic E-state index is 6.61. The first-order valence-electron chi connectivity index (χ1n) is 14.1. The lowest BCUT2D eigenvalue weighted by Crippen LogP contribution is -2.15. The third-order valence-corrected chi connectivity index (χ3v) is 8.52. The van der Waals surface area contributed by atoms with Gasteiger partial charge in [-0.3, -0.25) is 4.90 Å². The van der Waals surface area contributed by atoms with Crippen LogP contribution in [0, 0.1) is 0 Å². The lowest BCUT2D eigenvalue weighted by Gasteiger charge is -2.24. The van der Waals surface area contributed by atoms with Crippen LogP contribution in [0.5, 0.6) is 0 Å². The Morgan fingerprint density at radius 3 is 2.12 bits per heavy atom. The van der Waals surface area contributed by atoms with Gasteiger partial charge in [-0.05, 0) is 69.1 Å². The van der Waals surface area contributed by atoms with Crippen molar-refractivity contribution in [2.75, 3.05) is 4.90 Å². The molecule has 41 heavy (non-hydrogen) atoms.